The summed E-state index contributed by atoms with van der Waals surface area (Å²) in [4.78, 5) is 16.5. The number of H-pyrrole nitrogens is 2. The van der Waals surface area contributed by atoms with E-state index in [9.17, 15) is 0 Å². The lowest BCUT2D eigenvalue weighted by molar-refractivity contribution is 0.154. The molecule has 0 aliphatic heterocycles. The highest BCUT2D eigenvalue weighted by Crippen LogP contribution is 2.30. The Kier molecular flexibility index (Phi) is 6.56. The standard InChI is InChI=1S/C31H30N6O/c1-3-28-26(13-20(2)22-14-24(17-33-16-22)38-23-7-5-4-6-8-23)31(37-36-28)29-15-25-27(18-34-19-30(25)35-29)21-9-11-32-12-10-21/h3,9-19,23,35-36H,2,4-8H2,1H3/b26-13+,28-3+. The summed E-state index contributed by atoms with van der Waals surface area (Å²) in [7, 11) is 0. The van der Waals surface area contributed by atoms with Gasteiger partial charge in [0.2, 0.25) is 0 Å². The first-order valence-corrected chi connectivity index (χ1v) is 13.1. The molecule has 0 aromatic carbocycles. The zero-order valence-corrected chi connectivity index (χ0v) is 21.4. The Hall–Kier alpha value is -4.52. The van der Waals surface area contributed by atoms with Crippen LogP contribution < -0.4 is 15.3 Å². The molecule has 38 heavy (non-hydrogen) atoms. The second kappa shape index (κ2) is 10.5. The summed E-state index contributed by atoms with van der Waals surface area (Å²) < 4.78 is 6.24. The minimum absolute atomic E-state index is 0.272. The molecule has 0 bridgehead atoms. The monoisotopic (exact) mass is 502 g/mol. The second-order valence-electron chi connectivity index (χ2n) is 9.71. The summed E-state index contributed by atoms with van der Waals surface area (Å²) in [6.45, 7) is 6.36. The van der Waals surface area contributed by atoms with Crippen molar-refractivity contribution in [2.75, 3.05) is 0 Å². The van der Waals surface area contributed by atoms with Crippen LogP contribution in [0.1, 0.15) is 44.6 Å². The number of allylic oxidation sites excluding steroid dienone is 1. The van der Waals surface area contributed by atoms with E-state index in [0.29, 0.717) is 0 Å². The van der Waals surface area contributed by atoms with Crippen molar-refractivity contribution in [1.29, 1.82) is 0 Å². The zero-order valence-electron chi connectivity index (χ0n) is 21.4. The molecular formula is C31H30N6O. The van der Waals surface area contributed by atoms with Gasteiger partial charge in [-0.2, -0.15) is 5.10 Å². The number of hydrogen-bond donors (Lipinski definition) is 2. The van der Waals surface area contributed by atoms with Gasteiger partial charge in [0, 0.05) is 46.5 Å². The number of ether oxygens (including phenoxy) is 1. The van der Waals surface area contributed by atoms with Crippen LogP contribution in [0, 0.1) is 0 Å². The molecule has 6 rings (SSSR count). The summed E-state index contributed by atoms with van der Waals surface area (Å²) in [6, 6.07) is 8.14. The summed E-state index contributed by atoms with van der Waals surface area (Å²) in [6.07, 6.45) is 21.2. The third-order valence-electron chi connectivity index (χ3n) is 7.17. The molecule has 1 aliphatic carbocycles. The number of fused-ring (bicyclic) bond motifs is 1. The summed E-state index contributed by atoms with van der Waals surface area (Å²) >= 11 is 0. The fourth-order valence-electron chi connectivity index (χ4n) is 5.17. The predicted molar refractivity (Wildman–Crippen MR) is 152 cm³/mol. The molecule has 0 amide bonds. The van der Waals surface area contributed by atoms with Crippen LogP contribution in [0.5, 0.6) is 5.75 Å². The minimum atomic E-state index is 0.272. The number of hydrogen-bond acceptors (Lipinski definition) is 5. The number of pyridine rings is 3. The van der Waals surface area contributed by atoms with Crippen LogP contribution in [0.2, 0.25) is 0 Å². The molecular weight excluding hydrogens is 472 g/mol. The topological polar surface area (TPSA) is 92.4 Å². The van der Waals surface area contributed by atoms with Gasteiger partial charge in [-0.15, -0.1) is 0 Å². The van der Waals surface area contributed by atoms with Crippen molar-refractivity contribution in [2.24, 2.45) is 0 Å². The lowest BCUT2D eigenvalue weighted by Crippen LogP contribution is -2.23. The molecule has 0 saturated heterocycles. The fourth-order valence-corrected chi connectivity index (χ4v) is 5.17. The maximum atomic E-state index is 6.24. The molecule has 2 N–H and O–H groups in total. The van der Waals surface area contributed by atoms with Gasteiger partial charge >= 0.3 is 0 Å². The first-order chi connectivity index (χ1) is 18.7. The van der Waals surface area contributed by atoms with E-state index in [4.69, 9.17) is 4.74 Å². The quantitative estimate of drug-likeness (QED) is 0.324. The van der Waals surface area contributed by atoms with E-state index < -0.39 is 0 Å². The maximum Gasteiger partial charge on any atom is 0.138 e. The average Bonchev–Trinajstić information content (AvgIpc) is 3.58. The van der Waals surface area contributed by atoms with Gasteiger partial charge in [-0.3, -0.25) is 20.1 Å². The number of rotatable bonds is 6. The Morgan fingerprint density at radius 2 is 1.82 bits per heavy atom. The van der Waals surface area contributed by atoms with Crippen LogP contribution in [-0.4, -0.2) is 36.2 Å². The van der Waals surface area contributed by atoms with E-state index in [-0.39, 0.29) is 6.10 Å². The third kappa shape index (κ3) is 4.75. The van der Waals surface area contributed by atoms with E-state index >= 15 is 0 Å². The molecule has 0 radical (unpaired) electrons. The van der Waals surface area contributed by atoms with Crippen molar-refractivity contribution in [1.82, 2.24) is 30.1 Å². The van der Waals surface area contributed by atoms with E-state index in [1.54, 1.807) is 18.6 Å². The van der Waals surface area contributed by atoms with Gasteiger partial charge < -0.3 is 9.72 Å². The molecule has 5 aromatic heterocycles. The van der Waals surface area contributed by atoms with Gasteiger partial charge in [0.1, 0.15) is 11.4 Å². The van der Waals surface area contributed by atoms with Crippen LogP contribution in [0.25, 0.3) is 51.1 Å². The SMILES string of the molecule is C=C(/C=c1/c(-c2cc3c(-c4ccncc4)cncc3[nH]2)n[nH]/c1=C/C)c1cncc(OC2CCCCC2)c1. The van der Waals surface area contributed by atoms with Crippen LogP contribution >= 0.6 is 0 Å². The third-order valence-corrected chi connectivity index (χ3v) is 7.17. The predicted octanol–water partition coefficient (Wildman–Crippen LogP) is 5.42. The van der Waals surface area contributed by atoms with Gasteiger partial charge in [-0.1, -0.05) is 19.1 Å². The molecule has 7 nitrogen and oxygen atoms in total. The highest BCUT2D eigenvalue weighted by molar-refractivity contribution is 5.97. The van der Waals surface area contributed by atoms with Gasteiger partial charge in [-0.25, -0.2) is 0 Å². The van der Waals surface area contributed by atoms with Crippen molar-refractivity contribution in [3.8, 4) is 28.3 Å². The van der Waals surface area contributed by atoms with Gasteiger partial charge in [-0.05, 0) is 74.1 Å². The van der Waals surface area contributed by atoms with Crippen molar-refractivity contribution < 1.29 is 4.74 Å². The highest BCUT2D eigenvalue weighted by Gasteiger charge is 2.16. The number of nitrogens with one attached hydrogen (secondary N) is 2. The molecule has 0 atom stereocenters. The van der Waals surface area contributed by atoms with Gasteiger partial charge in [0.25, 0.3) is 0 Å². The van der Waals surface area contributed by atoms with Crippen LogP contribution in [0.3, 0.4) is 0 Å². The molecule has 1 fully saturated rings. The molecule has 1 saturated carbocycles. The fraction of sp³-hybridized carbons (Fsp3) is 0.226. The molecule has 5 aromatic rings. The Morgan fingerprint density at radius 3 is 2.63 bits per heavy atom. The first kappa shape index (κ1) is 23.9. The minimum Gasteiger partial charge on any atom is -0.489 e. The molecule has 0 unspecified atom stereocenters. The van der Waals surface area contributed by atoms with E-state index in [1.165, 1.54) is 19.3 Å². The number of nitrogens with zero attached hydrogens (tertiary/aromatic N) is 4. The summed E-state index contributed by atoms with van der Waals surface area (Å²) in [5, 5.41) is 10.8. The Balaban J connectivity index is 1.37. The van der Waals surface area contributed by atoms with Crippen molar-refractivity contribution in [2.45, 2.75) is 45.1 Å². The summed E-state index contributed by atoms with van der Waals surface area (Å²) in [5.74, 6) is 0.797. The van der Waals surface area contributed by atoms with E-state index in [1.807, 2.05) is 49.8 Å². The molecule has 7 heteroatoms. The Bertz CT molecular complexity index is 1710. The number of aromatic nitrogens is 6. The maximum absolute atomic E-state index is 6.24. The van der Waals surface area contributed by atoms with Gasteiger partial charge in [0.15, 0.2) is 0 Å². The van der Waals surface area contributed by atoms with Crippen LogP contribution in [0.4, 0.5) is 0 Å². The van der Waals surface area contributed by atoms with E-state index in [0.717, 1.165) is 73.7 Å². The van der Waals surface area contributed by atoms with Crippen molar-refractivity contribution in [3.63, 3.8) is 0 Å². The molecule has 190 valence electrons. The lowest BCUT2D eigenvalue weighted by atomic mass is 9.98. The molecule has 1 aliphatic rings. The van der Waals surface area contributed by atoms with Crippen LogP contribution in [-0.2, 0) is 0 Å². The summed E-state index contributed by atoms with van der Waals surface area (Å²) in [5.41, 5.74) is 6.54. The molecule has 0 spiro atoms. The Labute approximate surface area is 221 Å². The lowest BCUT2D eigenvalue weighted by Gasteiger charge is -2.23. The average molecular weight is 503 g/mol. The van der Waals surface area contributed by atoms with Crippen LogP contribution in [0.15, 0.2) is 68.0 Å². The van der Waals surface area contributed by atoms with Crippen molar-refractivity contribution >= 4 is 28.6 Å². The Morgan fingerprint density at radius 1 is 1.00 bits per heavy atom. The normalized spacial score (nSPS) is 15.3. The van der Waals surface area contributed by atoms with Crippen molar-refractivity contribution in [3.05, 3.63) is 84.2 Å². The zero-order chi connectivity index (χ0) is 25.9. The largest absolute Gasteiger partial charge is 0.489 e. The smallest absolute Gasteiger partial charge is 0.138 e. The number of aromatic amines is 2. The first-order valence-electron chi connectivity index (χ1n) is 13.1. The highest BCUT2D eigenvalue weighted by atomic mass is 16.5. The second-order valence-corrected chi connectivity index (χ2v) is 9.71. The van der Waals surface area contributed by atoms with Gasteiger partial charge in [0.05, 0.1) is 35.1 Å². The van der Waals surface area contributed by atoms with E-state index in [2.05, 4.69) is 48.9 Å². The molecule has 5 heterocycles.